The Balaban J connectivity index is 1.44. The molecule has 6 aromatic carbocycles. The van der Waals surface area contributed by atoms with Gasteiger partial charge in [-0.2, -0.15) is 0 Å². The monoisotopic (exact) mass is 505 g/mol. The molecule has 0 aliphatic heterocycles. The van der Waals surface area contributed by atoms with Crippen molar-refractivity contribution in [1.29, 1.82) is 0 Å². The first-order chi connectivity index (χ1) is 18.7. The van der Waals surface area contributed by atoms with Crippen molar-refractivity contribution in [3.63, 3.8) is 0 Å². The quantitative estimate of drug-likeness (QED) is 0.237. The third-order valence-corrected chi connectivity index (χ3v) is 8.62. The Morgan fingerprint density at radius 3 is 2.26 bits per heavy atom. The number of benzene rings is 6. The smallest absolute Gasteiger partial charge is 0.159 e. The van der Waals surface area contributed by atoms with Gasteiger partial charge in [0.2, 0.25) is 0 Å². The van der Waals surface area contributed by atoms with Gasteiger partial charge < -0.3 is 9.32 Å². The third-order valence-electron chi connectivity index (χ3n) is 7.49. The fourth-order valence-corrected chi connectivity index (χ4v) is 6.88. The van der Waals surface area contributed by atoms with Crippen LogP contribution in [0.2, 0.25) is 0 Å². The number of rotatable bonds is 3. The van der Waals surface area contributed by atoms with E-state index in [4.69, 9.17) is 4.42 Å². The van der Waals surface area contributed by atoms with Crippen molar-refractivity contribution in [2.45, 2.75) is 6.92 Å². The number of nitrogens with zero attached hydrogens (tertiary/aromatic N) is 1. The lowest BCUT2D eigenvalue weighted by molar-refractivity contribution is 0.669. The lowest BCUT2D eigenvalue weighted by atomic mass is 10.0. The Morgan fingerprint density at radius 1 is 0.579 bits per heavy atom. The summed E-state index contributed by atoms with van der Waals surface area (Å²) >= 11 is 1.86. The van der Waals surface area contributed by atoms with Crippen LogP contribution in [0.25, 0.3) is 52.9 Å². The van der Waals surface area contributed by atoms with Crippen LogP contribution in [0.3, 0.4) is 0 Å². The topological polar surface area (TPSA) is 16.4 Å². The Labute approximate surface area is 224 Å². The van der Waals surface area contributed by atoms with Crippen LogP contribution in [0.1, 0.15) is 5.56 Å². The van der Waals surface area contributed by atoms with Gasteiger partial charge in [0.1, 0.15) is 5.58 Å². The molecule has 8 aromatic rings. The van der Waals surface area contributed by atoms with Crippen molar-refractivity contribution in [3.8, 4) is 0 Å². The highest BCUT2D eigenvalue weighted by Gasteiger charge is 2.20. The van der Waals surface area contributed by atoms with Crippen molar-refractivity contribution in [3.05, 3.63) is 127 Å². The highest BCUT2D eigenvalue weighted by Crippen LogP contribution is 2.45. The number of furan rings is 1. The fraction of sp³-hybridized carbons (Fsp3) is 0.0286. The largest absolute Gasteiger partial charge is 0.454 e. The van der Waals surface area contributed by atoms with Gasteiger partial charge in [0.25, 0.3) is 0 Å². The average molecular weight is 506 g/mol. The maximum Gasteiger partial charge on any atom is 0.159 e. The van der Waals surface area contributed by atoms with Gasteiger partial charge in [-0.15, -0.1) is 11.3 Å². The summed E-state index contributed by atoms with van der Waals surface area (Å²) in [4.78, 5) is 2.34. The van der Waals surface area contributed by atoms with Crippen molar-refractivity contribution < 1.29 is 4.42 Å². The molecule has 0 spiro atoms. The van der Waals surface area contributed by atoms with Crippen molar-refractivity contribution >= 4 is 81.3 Å². The second kappa shape index (κ2) is 8.20. The van der Waals surface area contributed by atoms with Crippen LogP contribution < -0.4 is 4.90 Å². The van der Waals surface area contributed by atoms with Crippen LogP contribution in [0, 0.1) is 6.92 Å². The fourth-order valence-electron chi connectivity index (χ4n) is 5.78. The van der Waals surface area contributed by atoms with E-state index in [9.17, 15) is 0 Å². The van der Waals surface area contributed by atoms with Gasteiger partial charge in [0, 0.05) is 42.3 Å². The van der Waals surface area contributed by atoms with E-state index in [1.165, 1.54) is 36.5 Å². The molecule has 0 aliphatic carbocycles. The molecule has 2 nitrogen and oxygen atoms in total. The lowest BCUT2D eigenvalue weighted by Crippen LogP contribution is -2.10. The Kier molecular flexibility index (Phi) is 4.64. The maximum absolute atomic E-state index is 6.50. The zero-order valence-corrected chi connectivity index (χ0v) is 21.6. The highest BCUT2D eigenvalue weighted by atomic mass is 32.1. The summed E-state index contributed by atoms with van der Waals surface area (Å²) in [5.74, 6) is 0. The number of para-hydroxylation sites is 2. The summed E-state index contributed by atoms with van der Waals surface area (Å²) in [5.41, 5.74) is 6.29. The van der Waals surface area contributed by atoms with E-state index in [0.29, 0.717) is 0 Å². The van der Waals surface area contributed by atoms with Gasteiger partial charge in [0.15, 0.2) is 5.58 Å². The van der Waals surface area contributed by atoms with Crippen LogP contribution in [-0.2, 0) is 0 Å². The van der Waals surface area contributed by atoms with Gasteiger partial charge in [-0.3, -0.25) is 0 Å². The third kappa shape index (κ3) is 3.19. The molecule has 0 saturated carbocycles. The van der Waals surface area contributed by atoms with Gasteiger partial charge in [0.05, 0.1) is 5.69 Å². The predicted octanol–water partition coefficient (Wildman–Crippen LogP) is 10.9. The summed E-state index contributed by atoms with van der Waals surface area (Å²) < 4.78 is 9.11. The van der Waals surface area contributed by atoms with E-state index < -0.39 is 0 Å². The summed E-state index contributed by atoms with van der Waals surface area (Å²) in [6.45, 7) is 2.14. The van der Waals surface area contributed by atoms with Crippen LogP contribution in [0.5, 0.6) is 0 Å². The standard InChI is InChI=1S/C35H23NOS/c1-22-8-6-10-24(20-22)36(30-14-7-13-28-27-12-4-5-15-31(27)37-35(28)30)25-17-19-32-29(21-25)34-26-11-3-2-9-23(26)16-18-33(34)38-32/h2-21H,1H3. The minimum absolute atomic E-state index is 0.899. The molecule has 0 bridgehead atoms. The molecule has 2 heterocycles. The summed E-state index contributed by atoms with van der Waals surface area (Å²) in [6.07, 6.45) is 0. The van der Waals surface area contributed by atoms with Crippen molar-refractivity contribution in [2.24, 2.45) is 0 Å². The lowest BCUT2D eigenvalue weighted by Gasteiger charge is -2.26. The predicted molar refractivity (Wildman–Crippen MR) is 164 cm³/mol. The number of hydrogen-bond donors (Lipinski definition) is 0. The second-order valence-electron chi connectivity index (χ2n) is 9.87. The van der Waals surface area contributed by atoms with Gasteiger partial charge in [-0.25, -0.2) is 0 Å². The molecule has 0 radical (unpaired) electrons. The highest BCUT2D eigenvalue weighted by molar-refractivity contribution is 7.26. The zero-order chi connectivity index (χ0) is 25.2. The van der Waals surface area contributed by atoms with E-state index in [1.54, 1.807) is 0 Å². The molecule has 8 rings (SSSR count). The van der Waals surface area contributed by atoms with Crippen LogP contribution in [-0.4, -0.2) is 0 Å². The average Bonchev–Trinajstić information content (AvgIpc) is 3.52. The van der Waals surface area contributed by atoms with Crippen molar-refractivity contribution in [1.82, 2.24) is 0 Å². The first kappa shape index (κ1) is 21.5. The van der Waals surface area contributed by atoms with Crippen LogP contribution in [0.15, 0.2) is 126 Å². The van der Waals surface area contributed by atoms with Gasteiger partial charge in [-0.05, 0) is 71.8 Å². The van der Waals surface area contributed by atoms with E-state index in [2.05, 4.69) is 121 Å². The van der Waals surface area contributed by atoms with Gasteiger partial charge in [-0.1, -0.05) is 72.8 Å². The number of aryl methyl sites for hydroxylation is 1. The van der Waals surface area contributed by atoms with Crippen LogP contribution >= 0.6 is 11.3 Å². The molecular formula is C35H23NOS. The molecule has 0 saturated heterocycles. The number of fused-ring (bicyclic) bond motifs is 8. The second-order valence-corrected chi connectivity index (χ2v) is 11.0. The molecule has 180 valence electrons. The molecule has 2 aromatic heterocycles. The number of anilines is 3. The molecule has 0 amide bonds. The summed E-state index contributed by atoms with van der Waals surface area (Å²) in [7, 11) is 0. The summed E-state index contributed by atoms with van der Waals surface area (Å²) in [6, 6.07) is 43.5. The first-order valence-corrected chi connectivity index (χ1v) is 13.7. The Morgan fingerprint density at radius 2 is 1.34 bits per heavy atom. The molecule has 0 aliphatic rings. The van der Waals surface area contributed by atoms with E-state index >= 15 is 0 Å². The molecule has 0 N–H and O–H groups in total. The minimum Gasteiger partial charge on any atom is -0.454 e. The molecule has 3 heteroatoms. The minimum atomic E-state index is 0.899. The summed E-state index contributed by atoms with van der Waals surface area (Å²) in [5, 5.41) is 7.45. The molecule has 38 heavy (non-hydrogen) atoms. The number of hydrogen-bond acceptors (Lipinski definition) is 3. The molecular weight excluding hydrogens is 482 g/mol. The van der Waals surface area contributed by atoms with E-state index in [1.807, 2.05) is 23.5 Å². The Hall–Kier alpha value is -4.60. The van der Waals surface area contributed by atoms with Gasteiger partial charge >= 0.3 is 0 Å². The maximum atomic E-state index is 6.50. The molecule has 0 fully saturated rings. The SMILES string of the molecule is Cc1cccc(N(c2ccc3sc4ccc5ccccc5c4c3c2)c2cccc3c2oc2ccccc23)c1. The number of thiophene rings is 1. The van der Waals surface area contributed by atoms with Crippen LogP contribution in [0.4, 0.5) is 17.1 Å². The zero-order valence-electron chi connectivity index (χ0n) is 20.8. The molecule has 0 atom stereocenters. The normalized spacial score (nSPS) is 11.8. The first-order valence-electron chi connectivity index (χ1n) is 12.9. The van der Waals surface area contributed by atoms with E-state index in [-0.39, 0.29) is 0 Å². The molecule has 0 unspecified atom stereocenters. The Bertz CT molecular complexity index is 2170. The van der Waals surface area contributed by atoms with Crippen molar-refractivity contribution in [2.75, 3.05) is 4.90 Å². The van der Waals surface area contributed by atoms with E-state index in [0.717, 1.165) is 39.0 Å².